The highest BCUT2D eigenvalue weighted by atomic mass is 16.5. The van der Waals surface area contributed by atoms with Gasteiger partial charge in [0.25, 0.3) is 5.56 Å². The number of aromatic amines is 1. The monoisotopic (exact) mass is 382 g/mol. The number of H-pyrrole nitrogens is 1. The van der Waals surface area contributed by atoms with Crippen molar-refractivity contribution in [2.45, 2.75) is 26.4 Å². The van der Waals surface area contributed by atoms with Gasteiger partial charge in [-0.3, -0.25) is 9.59 Å². The Kier molecular flexibility index (Phi) is 5.93. The number of esters is 1. The fourth-order valence-electron chi connectivity index (χ4n) is 3.03. The van der Waals surface area contributed by atoms with Gasteiger partial charge >= 0.3 is 5.97 Å². The molecule has 0 fully saturated rings. The van der Waals surface area contributed by atoms with E-state index >= 15 is 0 Å². The maximum atomic E-state index is 12.2. The third-order valence-corrected chi connectivity index (χ3v) is 4.44. The van der Waals surface area contributed by atoms with Crippen LogP contribution in [0.5, 0.6) is 11.5 Å². The van der Waals surface area contributed by atoms with Crippen LogP contribution in [0.15, 0.2) is 41.2 Å². The minimum atomic E-state index is -0.391. The average molecular weight is 382 g/mol. The smallest absolute Gasteiger partial charge is 0.306 e. The van der Waals surface area contributed by atoms with Crippen molar-refractivity contribution in [1.29, 1.82) is 0 Å². The molecule has 0 atom stereocenters. The minimum Gasteiger partial charge on any atom is -0.493 e. The molecular formula is C21H22N2O5. The molecule has 0 aliphatic heterocycles. The van der Waals surface area contributed by atoms with E-state index in [4.69, 9.17) is 14.2 Å². The third-order valence-electron chi connectivity index (χ3n) is 4.44. The average Bonchev–Trinajstić information content (AvgIpc) is 2.71. The number of carbonyl (C=O) groups is 1. The molecule has 0 unspecified atom stereocenters. The number of aromatic nitrogens is 2. The first-order chi connectivity index (χ1) is 13.5. The van der Waals surface area contributed by atoms with E-state index in [1.54, 1.807) is 32.4 Å². The van der Waals surface area contributed by atoms with Gasteiger partial charge in [0.05, 0.1) is 25.1 Å². The summed E-state index contributed by atoms with van der Waals surface area (Å²) in [5.41, 5.74) is 2.10. The molecule has 1 aromatic heterocycles. The lowest BCUT2D eigenvalue weighted by Crippen LogP contribution is -2.15. The number of benzene rings is 2. The lowest BCUT2D eigenvalue weighted by molar-refractivity contribution is -0.145. The fraction of sp³-hybridized carbons (Fsp3) is 0.286. The van der Waals surface area contributed by atoms with Crippen LogP contribution in [0.4, 0.5) is 0 Å². The molecule has 0 saturated heterocycles. The summed E-state index contributed by atoms with van der Waals surface area (Å²) in [5, 5.41) is 0.514. The quantitative estimate of drug-likeness (QED) is 0.632. The second-order valence-corrected chi connectivity index (χ2v) is 6.30. The number of ether oxygens (including phenoxy) is 3. The maximum absolute atomic E-state index is 12.2. The molecule has 7 heteroatoms. The molecule has 0 aliphatic rings. The Balaban J connectivity index is 1.65. The van der Waals surface area contributed by atoms with Crippen molar-refractivity contribution in [3.05, 3.63) is 63.7 Å². The van der Waals surface area contributed by atoms with E-state index < -0.39 is 5.97 Å². The lowest BCUT2D eigenvalue weighted by atomic mass is 10.1. The lowest BCUT2D eigenvalue weighted by Gasteiger charge is -2.12. The molecule has 3 rings (SSSR count). The summed E-state index contributed by atoms with van der Waals surface area (Å²) in [6.07, 6.45) is 0.611. The van der Waals surface area contributed by atoms with Gasteiger partial charge in [-0.25, -0.2) is 4.98 Å². The predicted molar refractivity (Wildman–Crippen MR) is 105 cm³/mol. The van der Waals surface area contributed by atoms with Gasteiger partial charge in [-0.1, -0.05) is 24.3 Å². The first-order valence-corrected chi connectivity index (χ1v) is 8.87. The van der Waals surface area contributed by atoms with Crippen LogP contribution in [-0.4, -0.2) is 30.2 Å². The van der Waals surface area contributed by atoms with Crippen molar-refractivity contribution < 1.29 is 19.0 Å². The first kappa shape index (κ1) is 19.4. The minimum absolute atomic E-state index is 0.0897. The molecule has 3 aromatic rings. The molecule has 2 aromatic carbocycles. The second-order valence-electron chi connectivity index (χ2n) is 6.30. The van der Waals surface area contributed by atoms with Crippen LogP contribution in [0.3, 0.4) is 0 Å². The van der Waals surface area contributed by atoms with Crippen molar-refractivity contribution >= 4 is 16.9 Å². The Morgan fingerprint density at radius 3 is 2.64 bits per heavy atom. The number of carbonyl (C=O) groups excluding carboxylic acids is 1. The Morgan fingerprint density at radius 2 is 1.89 bits per heavy atom. The number of nitrogens with one attached hydrogen (secondary N) is 1. The molecule has 28 heavy (non-hydrogen) atoms. The number of methoxy groups -OCH3 is 2. The zero-order valence-electron chi connectivity index (χ0n) is 16.1. The number of nitrogens with zero attached hydrogens (tertiary/aromatic N) is 1. The highest BCUT2D eigenvalue weighted by Gasteiger charge is 2.13. The van der Waals surface area contributed by atoms with E-state index in [-0.39, 0.29) is 18.6 Å². The van der Waals surface area contributed by atoms with Gasteiger partial charge in [0.2, 0.25) is 0 Å². The van der Waals surface area contributed by atoms with Crippen LogP contribution in [0, 0.1) is 6.92 Å². The van der Waals surface area contributed by atoms with Crippen molar-refractivity contribution in [3.63, 3.8) is 0 Å². The van der Waals surface area contributed by atoms with E-state index in [0.717, 1.165) is 11.1 Å². The van der Waals surface area contributed by atoms with Crippen molar-refractivity contribution in [2.75, 3.05) is 14.2 Å². The van der Waals surface area contributed by atoms with E-state index in [1.165, 1.54) is 0 Å². The highest BCUT2D eigenvalue weighted by molar-refractivity contribution is 5.80. The Labute approximate surface area is 162 Å². The zero-order valence-corrected chi connectivity index (χ0v) is 16.1. The number of fused-ring (bicyclic) bond motifs is 1. The number of para-hydroxylation sites is 2. The van der Waals surface area contributed by atoms with E-state index in [2.05, 4.69) is 9.97 Å². The molecule has 0 saturated carbocycles. The topological polar surface area (TPSA) is 90.5 Å². The molecular weight excluding hydrogens is 360 g/mol. The molecule has 0 bridgehead atoms. The van der Waals surface area contributed by atoms with E-state index in [9.17, 15) is 9.59 Å². The predicted octanol–water partition coefficient (Wildman–Crippen LogP) is 2.92. The van der Waals surface area contributed by atoms with Crippen LogP contribution >= 0.6 is 0 Å². The van der Waals surface area contributed by atoms with Gasteiger partial charge in [-0.2, -0.15) is 0 Å². The highest BCUT2D eigenvalue weighted by Crippen LogP contribution is 2.31. The summed E-state index contributed by atoms with van der Waals surface area (Å²) in [7, 11) is 3.12. The van der Waals surface area contributed by atoms with Gasteiger partial charge in [-0.05, 0) is 36.6 Å². The summed E-state index contributed by atoms with van der Waals surface area (Å²) in [5.74, 6) is 1.15. The van der Waals surface area contributed by atoms with E-state index in [1.807, 2.05) is 25.1 Å². The molecule has 0 amide bonds. The van der Waals surface area contributed by atoms with Gasteiger partial charge in [0, 0.05) is 6.42 Å². The van der Waals surface area contributed by atoms with Crippen LogP contribution in [0.2, 0.25) is 0 Å². The largest absolute Gasteiger partial charge is 0.493 e. The summed E-state index contributed by atoms with van der Waals surface area (Å²) < 4.78 is 15.9. The SMILES string of the molecule is COc1cccc(CCC(=O)OCc2nc3c(C)cccc3c(=O)[nH]2)c1OC. The second kappa shape index (κ2) is 8.56. The molecule has 0 radical (unpaired) electrons. The summed E-state index contributed by atoms with van der Waals surface area (Å²) >= 11 is 0. The Hall–Kier alpha value is -3.35. The van der Waals surface area contributed by atoms with Crippen LogP contribution in [-0.2, 0) is 22.6 Å². The van der Waals surface area contributed by atoms with Crippen LogP contribution < -0.4 is 15.0 Å². The normalized spacial score (nSPS) is 10.7. The number of rotatable bonds is 7. The number of hydrogen-bond donors (Lipinski definition) is 1. The van der Waals surface area contributed by atoms with Crippen LogP contribution in [0.1, 0.15) is 23.4 Å². The molecule has 0 spiro atoms. The standard InChI is InChI=1S/C21H22N2O5/c1-13-6-4-8-15-19(13)22-17(23-21(15)25)12-28-18(24)11-10-14-7-5-9-16(26-2)20(14)27-3/h4-9H,10-12H2,1-3H3,(H,22,23,25). The Bertz CT molecular complexity index is 1060. The van der Waals surface area contributed by atoms with Crippen molar-refractivity contribution in [1.82, 2.24) is 9.97 Å². The molecule has 1 heterocycles. The van der Waals surface area contributed by atoms with Crippen molar-refractivity contribution in [3.8, 4) is 11.5 Å². The fourth-order valence-corrected chi connectivity index (χ4v) is 3.03. The molecule has 1 N–H and O–H groups in total. The van der Waals surface area contributed by atoms with E-state index in [0.29, 0.717) is 34.6 Å². The molecule has 7 nitrogen and oxygen atoms in total. The Morgan fingerprint density at radius 1 is 1.11 bits per heavy atom. The van der Waals surface area contributed by atoms with Gasteiger partial charge in [-0.15, -0.1) is 0 Å². The van der Waals surface area contributed by atoms with Gasteiger partial charge < -0.3 is 19.2 Å². The van der Waals surface area contributed by atoms with Gasteiger partial charge in [0.1, 0.15) is 12.4 Å². The molecule has 146 valence electrons. The van der Waals surface area contributed by atoms with Crippen molar-refractivity contribution in [2.24, 2.45) is 0 Å². The first-order valence-electron chi connectivity index (χ1n) is 8.87. The number of hydrogen-bond acceptors (Lipinski definition) is 6. The maximum Gasteiger partial charge on any atom is 0.306 e. The van der Waals surface area contributed by atoms with Crippen LogP contribution in [0.25, 0.3) is 10.9 Å². The summed E-state index contributed by atoms with van der Waals surface area (Å²) in [4.78, 5) is 31.4. The number of aryl methyl sites for hydroxylation is 2. The summed E-state index contributed by atoms with van der Waals surface area (Å²) in [6.45, 7) is 1.79. The zero-order chi connectivity index (χ0) is 20.1. The third kappa shape index (κ3) is 4.14. The summed E-state index contributed by atoms with van der Waals surface area (Å²) in [6, 6.07) is 10.9. The molecule has 0 aliphatic carbocycles. The van der Waals surface area contributed by atoms with Gasteiger partial charge in [0.15, 0.2) is 11.5 Å².